The smallest absolute Gasteiger partial charge is 0.264 e. The molecule has 3 rings (SSSR count). The first-order valence-electron chi connectivity index (χ1n) is 6.37. The maximum Gasteiger partial charge on any atom is 0.264 e. The van der Waals surface area contributed by atoms with Crippen molar-refractivity contribution in [2.24, 2.45) is 0 Å². The quantitative estimate of drug-likeness (QED) is 0.875. The molecule has 1 aliphatic heterocycles. The summed E-state index contributed by atoms with van der Waals surface area (Å²) in [7, 11) is 0. The van der Waals surface area contributed by atoms with Crippen LogP contribution in [0.3, 0.4) is 0 Å². The summed E-state index contributed by atoms with van der Waals surface area (Å²) < 4.78 is 0. The molecular formula is C13H16N4OS. The van der Waals surface area contributed by atoms with E-state index in [0.717, 1.165) is 35.2 Å². The van der Waals surface area contributed by atoms with Crippen molar-refractivity contribution in [2.45, 2.75) is 13.0 Å². The highest BCUT2D eigenvalue weighted by Gasteiger charge is 2.25. The van der Waals surface area contributed by atoms with Gasteiger partial charge in [0, 0.05) is 38.1 Å². The standard InChI is InChI=1S/C13H16N4OS/c1-9-8-14-6-7-17(9)13(18)11-3-2-10(19-11)12-15-4-5-16-12/h2-5,9,14H,6-8H2,1H3,(H,15,16)/t9-/m1/s1. The lowest BCUT2D eigenvalue weighted by atomic mass is 10.2. The second kappa shape index (κ2) is 5.14. The zero-order chi connectivity index (χ0) is 13.2. The predicted molar refractivity (Wildman–Crippen MR) is 75.3 cm³/mol. The molecule has 2 aromatic rings. The molecule has 0 spiro atoms. The first-order valence-corrected chi connectivity index (χ1v) is 7.18. The number of carbonyl (C=O) groups excluding carboxylic acids is 1. The maximum atomic E-state index is 12.5. The number of thiophene rings is 1. The van der Waals surface area contributed by atoms with Crippen LogP contribution in [0.5, 0.6) is 0 Å². The number of nitrogens with zero attached hydrogens (tertiary/aromatic N) is 2. The van der Waals surface area contributed by atoms with Gasteiger partial charge in [0.15, 0.2) is 0 Å². The second-order valence-corrected chi connectivity index (χ2v) is 5.74. The van der Waals surface area contributed by atoms with E-state index in [2.05, 4.69) is 22.2 Å². The number of H-pyrrole nitrogens is 1. The number of hydrogen-bond donors (Lipinski definition) is 2. The number of carbonyl (C=O) groups is 1. The summed E-state index contributed by atoms with van der Waals surface area (Å²) in [6, 6.07) is 4.08. The van der Waals surface area contributed by atoms with Gasteiger partial charge in [-0.2, -0.15) is 0 Å². The summed E-state index contributed by atoms with van der Waals surface area (Å²) in [5.74, 6) is 0.939. The van der Waals surface area contributed by atoms with E-state index in [-0.39, 0.29) is 11.9 Å². The van der Waals surface area contributed by atoms with Crippen molar-refractivity contribution in [3.05, 3.63) is 29.4 Å². The number of amides is 1. The molecule has 100 valence electrons. The van der Waals surface area contributed by atoms with Gasteiger partial charge in [-0.1, -0.05) is 0 Å². The fourth-order valence-corrected chi connectivity index (χ4v) is 3.19. The van der Waals surface area contributed by atoms with Gasteiger partial charge in [0.1, 0.15) is 5.82 Å². The molecule has 0 aromatic carbocycles. The summed E-state index contributed by atoms with van der Waals surface area (Å²) in [6.07, 6.45) is 3.50. The molecule has 1 saturated heterocycles. The number of aromatic amines is 1. The maximum absolute atomic E-state index is 12.5. The molecule has 6 heteroatoms. The molecule has 19 heavy (non-hydrogen) atoms. The summed E-state index contributed by atoms with van der Waals surface area (Å²) in [6.45, 7) is 4.58. The van der Waals surface area contributed by atoms with E-state index in [4.69, 9.17) is 0 Å². The average Bonchev–Trinajstić information content (AvgIpc) is 3.09. The van der Waals surface area contributed by atoms with E-state index in [1.807, 2.05) is 17.0 Å². The number of nitrogens with one attached hydrogen (secondary N) is 2. The van der Waals surface area contributed by atoms with Gasteiger partial charge in [0.25, 0.3) is 5.91 Å². The molecule has 1 atom stereocenters. The second-order valence-electron chi connectivity index (χ2n) is 4.65. The van der Waals surface area contributed by atoms with Gasteiger partial charge in [-0.25, -0.2) is 4.98 Å². The Morgan fingerprint density at radius 1 is 1.53 bits per heavy atom. The van der Waals surface area contributed by atoms with Crippen LogP contribution in [-0.2, 0) is 0 Å². The first-order chi connectivity index (χ1) is 9.25. The monoisotopic (exact) mass is 276 g/mol. The largest absolute Gasteiger partial charge is 0.344 e. The molecule has 0 radical (unpaired) electrons. The highest BCUT2D eigenvalue weighted by molar-refractivity contribution is 7.17. The topological polar surface area (TPSA) is 61.0 Å². The van der Waals surface area contributed by atoms with E-state index < -0.39 is 0 Å². The number of aromatic nitrogens is 2. The minimum atomic E-state index is 0.122. The van der Waals surface area contributed by atoms with Crippen LogP contribution in [-0.4, -0.2) is 46.5 Å². The Morgan fingerprint density at radius 3 is 3.16 bits per heavy atom. The molecule has 2 N–H and O–H groups in total. The first kappa shape index (κ1) is 12.4. The van der Waals surface area contributed by atoms with Crippen LogP contribution in [0.25, 0.3) is 10.7 Å². The Balaban J connectivity index is 1.80. The van der Waals surface area contributed by atoms with Gasteiger partial charge in [0.05, 0.1) is 9.75 Å². The third-order valence-electron chi connectivity index (χ3n) is 3.31. The fraction of sp³-hybridized carbons (Fsp3) is 0.385. The van der Waals surface area contributed by atoms with E-state index in [9.17, 15) is 4.79 Å². The molecule has 2 aromatic heterocycles. The summed E-state index contributed by atoms with van der Waals surface area (Å²) in [5.41, 5.74) is 0. The average molecular weight is 276 g/mol. The Bertz CT molecular complexity index is 563. The van der Waals surface area contributed by atoms with Crippen molar-refractivity contribution in [1.29, 1.82) is 0 Å². The van der Waals surface area contributed by atoms with E-state index in [1.165, 1.54) is 11.3 Å². The molecule has 5 nitrogen and oxygen atoms in total. The van der Waals surface area contributed by atoms with E-state index >= 15 is 0 Å². The lowest BCUT2D eigenvalue weighted by molar-refractivity contribution is 0.0661. The van der Waals surface area contributed by atoms with Crippen LogP contribution in [0.2, 0.25) is 0 Å². The zero-order valence-electron chi connectivity index (χ0n) is 10.7. The zero-order valence-corrected chi connectivity index (χ0v) is 11.5. The summed E-state index contributed by atoms with van der Waals surface area (Å²) in [5, 5.41) is 3.29. The van der Waals surface area contributed by atoms with Crippen molar-refractivity contribution < 1.29 is 4.79 Å². The number of piperazine rings is 1. The lowest BCUT2D eigenvalue weighted by Crippen LogP contribution is -2.52. The van der Waals surface area contributed by atoms with Crippen LogP contribution >= 0.6 is 11.3 Å². The Hall–Kier alpha value is -1.66. The Morgan fingerprint density at radius 2 is 2.42 bits per heavy atom. The van der Waals surface area contributed by atoms with E-state index in [0.29, 0.717) is 0 Å². The summed E-state index contributed by atoms with van der Waals surface area (Å²) >= 11 is 1.49. The van der Waals surface area contributed by atoms with Gasteiger partial charge >= 0.3 is 0 Å². The van der Waals surface area contributed by atoms with Crippen molar-refractivity contribution in [3.8, 4) is 10.7 Å². The molecule has 0 aliphatic carbocycles. The van der Waals surface area contributed by atoms with Crippen LogP contribution in [0, 0.1) is 0 Å². The van der Waals surface area contributed by atoms with E-state index in [1.54, 1.807) is 12.4 Å². The minimum absolute atomic E-state index is 0.122. The molecule has 0 unspecified atom stereocenters. The van der Waals surface area contributed by atoms with Gasteiger partial charge in [-0.15, -0.1) is 11.3 Å². The van der Waals surface area contributed by atoms with Crippen molar-refractivity contribution >= 4 is 17.2 Å². The number of hydrogen-bond acceptors (Lipinski definition) is 4. The molecule has 0 saturated carbocycles. The van der Waals surface area contributed by atoms with Crippen LogP contribution in [0.4, 0.5) is 0 Å². The SMILES string of the molecule is C[C@@H]1CNCCN1C(=O)c1ccc(-c2ncc[nH]2)s1. The third-order valence-corrected chi connectivity index (χ3v) is 4.39. The number of rotatable bonds is 2. The van der Waals surface area contributed by atoms with Gasteiger partial charge in [-0.05, 0) is 19.1 Å². The highest BCUT2D eigenvalue weighted by atomic mass is 32.1. The molecule has 3 heterocycles. The Labute approximate surface area is 115 Å². The van der Waals surface area contributed by atoms with Crippen molar-refractivity contribution in [1.82, 2.24) is 20.2 Å². The molecule has 0 bridgehead atoms. The minimum Gasteiger partial charge on any atom is -0.344 e. The van der Waals surface area contributed by atoms with Crippen LogP contribution in [0.15, 0.2) is 24.5 Å². The highest BCUT2D eigenvalue weighted by Crippen LogP contribution is 2.26. The molecule has 1 aliphatic rings. The summed E-state index contributed by atoms with van der Waals surface area (Å²) in [4.78, 5) is 23.4. The van der Waals surface area contributed by atoms with Gasteiger partial charge < -0.3 is 15.2 Å². The van der Waals surface area contributed by atoms with Crippen LogP contribution < -0.4 is 5.32 Å². The van der Waals surface area contributed by atoms with Crippen molar-refractivity contribution in [3.63, 3.8) is 0 Å². The molecule has 1 amide bonds. The van der Waals surface area contributed by atoms with Crippen LogP contribution in [0.1, 0.15) is 16.6 Å². The van der Waals surface area contributed by atoms with Gasteiger partial charge in [0.2, 0.25) is 0 Å². The van der Waals surface area contributed by atoms with Crippen molar-refractivity contribution in [2.75, 3.05) is 19.6 Å². The number of imidazole rings is 1. The van der Waals surface area contributed by atoms with Gasteiger partial charge in [-0.3, -0.25) is 4.79 Å². The molecular weight excluding hydrogens is 260 g/mol. The Kier molecular flexibility index (Phi) is 3.35. The molecule has 1 fully saturated rings. The third kappa shape index (κ3) is 2.41. The normalized spacial score (nSPS) is 19.6. The fourth-order valence-electron chi connectivity index (χ4n) is 2.26. The lowest BCUT2D eigenvalue weighted by Gasteiger charge is -2.33. The predicted octanol–water partition coefficient (Wildman–Crippen LogP) is 1.57.